The second-order valence-electron chi connectivity index (χ2n) is 4.60. The highest BCUT2D eigenvalue weighted by atomic mass is 16.1. The number of hydrogen-bond acceptors (Lipinski definition) is 4. The van der Waals surface area contributed by atoms with Crippen molar-refractivity contribution in [2.45, 2.75) is 12.5 Å². The monoisotopic (exact) mass is 253 g/mol. The van der Waals surface area contributed by atoms with Crippen LogP contribution < -0.4 is 10.9 Å². The van der Waals surface area contributed by atoms with Crippen molar-refractivity contribution in [3.8, 4) is 0 Å². The van der Waals surface area contributed by atoms with Gasteiger partial charge in [0, 0.05) is 29.9 Å². The van der Waals surface area contributed by atoms with E-state index in [0.29, 0.717) is 11.8 Å². The fourth-order valence-corrected chi connectivity index (χ4v) is 2.62. The van der Waals surface area contributed by atoms with Crippen LogP contribution in [-0.4, -0.2) is 20.2 Å². The van der Waals surface area contributed by atoms with Crippen molar-refractivity contribution in [3.05, 3.63) is 52.5 Å². The van der Waals surface area contributed by atoms with E-state index in [1.165, 1.54) is 0 Å². The molecule has 1 atom stereocenters. The number of aromatic amines is 2. The van der Waals surface area contributed by atoms with Crippen LogP contribution in [-0.2, 0) is 6.42 Å². The Hall–Kier alpha value is -2.63. The molecule has 0 amide bonds. The number of nitrogens with one attached hydrogen (secondary N) is 3. The van der Waals surface area contributed by atoms with Gasteiger partial charge in [-0.25, -0.2) is 10.1 Å². The Kier molecular flexibility index (Phi) is 2.00. The van der Waals surface area contributed by atoms with E-state index in [0.717, 1.165) is 22.6 Å². The summed E-state index contributed by atoms with van der Waals surface area (Å²) >= 11 is 0. The van der Waals surface area contributed by atoms with Crippen LogP contribution >= 0.6 is 0 Å². The second-order valence-corrected chi connectivity index (χ2v) is 4.60. The van der Waals surface area contributed by atoms with E-state index in [4.69, 9.17) is 0 Å². The Labute approximate surface area is 107 Å². The lowest BCUT2D eigenvalue weighted by molar-refractivity contribution is 0.694. The minimum atomic E-state index is -0.154. The van der Waals surface area contributed by atoms with Crippen molar-refractivity contribution < 1.29 is 0 Å². The number of anilines is 1. The van der Waals surface area contributed by atoms with Crippen molar-refractivity contribution in [3.63, 3.8) is 0 Å². The lowest BCUT2D eigenvalue weighted by atomic mass is 9.98. The van der Waals surface area contributed by atoms with Gasteiger partial charge < -0.3 is 10.3 Å². The smallest absolute Gasteiger partial charge is 0.272 e. The number of H-pyrrole nitrogens is 2. The van der Waals surface area contributed by atoms with Crippen LogP contribution in [0.1, 0.15) is 17.6 Å². The maximum Gasteiger partial charge on any atom is 0.272 e. The van der Waals surface area contributed by atoms with Crippen molar-refractivity contribution in [1.82, 2.24) is 20.2 Å². The molecule has 4 rings (SSSR count). The summed E-state index contributed by atoms with van der Waals surface area (Å²) in [6.07, 6.45) is 4.22. The van der Waals surface area contributed by atoms with Crippen molar-refractivity contribution >= 4 is 16.5 Å². The Balaban J connectivity index is 1.93. The van der Waals surface area contributed by atoms with E-state index < -0.39 is 0 Å². The summed E-state index contributed by atoms with van der Waals surface area (Å²) in [6, 6.07) is 5.69. The lowest BCUT2D eigenvalue weighted by Gasteiger charge is -2.24. The van der Waals surface area contributed by atoms with Gasteiger partial charge in [-0.2, -0.15) is 5.10 Å². The molecular formula is C13H11N5O. The maximum absolute atomic E-state index is 11.8. The molecule has 0 saturated heterocycles. The topological polar surface area (TPSA) is 86.5 Å². The quantitative estimate of drug-likeness (QED) is 0.611. The van der Waals surface area contributed by atoms with Gasteiger partial charge in [-0.15, -0.1) is 0 Å². The van der Waals surface area contributed by atoms with E-state index in [1.807, 2.05) is 18.2 Å². The van der Waals surface area contributed by atoms with Crippen LogP contribution in [0.15, 0.2) is 35.4 Å². The lowest BCUT2D eigenvalue weighted by Crippen LogP contribution is -2.23. The Morgan fingerprint density at radius 2 is 2.26 bits per heavy atom. The third-order valence-electron chi connectivity index (χ3n) is 3.47. The van der Waals surface area contributed by atoms with Crippen LogP contribution in [0, 0.1) is 0 Å². The number of nitrogens with zero attached hydrogens (tertiary/aromatic N) is 2. The predicted octanol–water partition coefficient (Wildman–Crippen LogP) is 1.36. The van der Waals surface area contributed by atoms with E-state index >= 15 is 0 Å². The first-order valence-electron chi connectivity index (χ1n) is 6.09. The first-order valence-corrected chi connectivity index (χ1v) is 6.09. The number of rotatable bonds is 1. The molecule has 0 fully saturated rings. The molecule has 0 radical (unpaired) electrons. The van der Waals surface area contributed by atoms with Crippen LogP contribution in [0.3, 0.4) is 0 Å². The van der Waals surface area contributed by atoms with Gasteiger partial charge in [0.05, 0.1) is 17.1 Å². The Bertz CT molecular complexity index is 793. The van der Waals surface area contributed by atoms with E-state index in [1.54, 1.807) is 12.4 Å². The molecule has 0 saturated carbocycles. The van der Waals surface area contributed by atoms with E-state index in [-0.39, 0.29) is 11.6 Å². The second kappa shape index (κ2) is 3.68. The van der Waals surface area contributed by atoms with Gasteiger partial charge in [-0.1, -0.05) is 6.07 Å². The third-order valence-corrected chi connectivity index (χ3v) is 3.47. The third kappa shape index (κ3) is 1.46. The summed E-state index contributed by atoms with van der Waals surface area (Å²) in [5, 5.41) is 11.7. The standard InChI is InChI=1S/C13H11N5O/c19-13-7-2-1-3-8-11(7)9(17-18-13)6-10(16-8)12-14-4-5-15-12/h1-5,10,16H,6H2,(H,14,15)(H,18,19). The molecular weight excluding hydrogens is 242 g/mol. The van der Waals surface area contributed by atoms with Crippen LogP contribution in [0.5, 0.6) is 0 Å². The SMILES string of the molecule is O=c1[nH]nc2c3c(cccc13)NC(c1ncc[nH]1)C2. The van der Waals surface area contributed by atoms with Crippen molar-refractivity contribution in [1.29, 1.82) is 0 Å². The van der Waals surface area contributed by atoms with Gasteiger partial charge in [0.25, 0.3) is 5.56 Å². The first-order chi connectivity index (χ1) is 9.33. The van der Waals surface area contributed by atoms with Gasteiger partial charge in [-0.05, 0) is 12.1 Å². The minimum Gasteiger partial charge on any atom is -0.374 e. The molecule has 1 aliphatic rings. The fraction of sp³-hybridized carbons (Fsp3) is 0.154. The summed E-state index contributed by atoms with van der Waals surface area (Å²) in [5.74, 6) is 0.871. The molecule has 0 spiro atoms. The normalized spacial score (nSPS) is 17.4. The molecule has 6 nitrogen and oxygen atoms in total. The van der Waals surface area contributed by atoms with Crippen LogP contribution in [0.2, 0.25) is 0 Å². The van der Waals surface area contributed by atoms with Gasteiger partial charge in [0.1, 0.15) is 5.82 Å². The zero-order valence-electron chi connectivity index (χ0n) is 9.97. The van der Waals surface area contributed by atoms with Crippen LogP contribution in [0.25, 0.3) is 10.8 Å². The van der Waals surface area contributed by atoms with Gasteiger partial charge >= 0.3 is 0 Å². The summed E-state index contributed by atoms with van der Waals surface area (Å²) in [5.41, 5.74) is 1.67. The summed E-state index contributed by atoms with van der Waals surface area (Å²) < 4.78 is 0. The highest BCUT2D eigenvalue weighted by Crippen LogP contribution is 2.33. The molecule has 1 aliphatic heterocycles. The molecule has 3 N–H and O–H groups in total. The summed E-state index contributed by atoms with van der Waals surface area (Å²) in [7, 11) is 0. The van der Waals surface area contributed by atoms with Crippen LogP contribution in [0.4, 0.5) is 5.69 Å². The van der Waals surface area contributed by atoms with Gasteiger partial charge in [-0.3, -0.25) is 4.79 Å². The average molecular weight is 253 g/mol. The van der Waals surface area contributed by atoms with Gasteiger partial charge in [0.2, 0.25) is 0 Å². The zero-order chi connectivity index (χ0) is 12.8. The molecule has 94 valence electrons. The molecule has 1 aromatic carbocycles. The number of aromatic nitrogens is 4. The molecule has 1 unspecified atom stereocenters. The molecule has 6 heteroatoms. The molecule has 19 heavy (non-hydrogen) atoms. The predicted molar refractivity (Wildman–Crippen MR) is 71.0 cm³/mol. The number of benzene rings is 1. The summed E-state index contributed by atoms with van der Waals surface area (Å²) in [6.45, 7) is 0. The Morgan fingerprint density at radius 1 is 1.32 bits per heavy atom. The molecule has 0 aliphatic carbocycles. The van der Waals surface area contributed by atoms with Gasteiger partial charge in [0.15, 0.2) is 0 Å². The van der Waals surface area contributed by atoms with Crippen molar-refractivity contribution in [2.24, 2.45) is 0 Å². The minimum absolute atomic E-state index is 0.0477. The van der Waals surface area contributed by atoms with E-state index in [9.17, 15) is 4.79 Å². The number of hydrogen-bond donors (Lipinski definition) is 3. The van der Waals surface area contributed by atoms with E-state index in [2.05, 4.69) is 25.5 Å². The number of imidazole rings is 1. The Morgan fingerprint density at radius 3 is 3.11 bits per heavy atom. The highest BCUT2D eigenvalue weighted by molar-refractivity contribution is 5.96. The van der Waals surface area contributed by atoms with Crippen molar-refractivity contribution in [2.75, 3.05) is 5.32 Å². The molecule has 2 aromatic heterocycles. The molecule has 3 heterocycles. The fourth-order valence-electron chi connectivity index (χ4n) is 2.62. The molecule has 0 bridgehead atoms. The maximum atomic E-state index is 11.8. The highest BCUT2D eigenvalue weighted by Gasteiger charge is 2.24. The summed E-state index contributed by atoms with van der Waals surface area (Å²) in [4.78, 5) is 19.2. The average Bonchev–Trinajstić information content (AvgIpc) is 2.97. The zero-order valence-corrected chi connectivity index (χ0v) is 9.97. The largest absolute Gasteiger partial charge is 0.374 e. The molecule has 3 aromatic rings. The first kappa shape index (κ1) is 10.3.